The second-order valence-corrected chi connectivity index (χ2v) is 9.01. The Labute approximate surface area is 217 Å². The van der Waals surface area contributed by atoms with Gasteiger partial charge in [0.2, 0.25) is 0 Å². The van der Waals surface area contributed by atoms with Crippen LogP contribution in [0.2, 0.25) is 0 Å². The molecule has 1 atom stereocenters. The molecule has 0 aliphatic heterocycles. The number of methoxy groups -OCH3 is 1. The standard InChI is InChI=1S/C29H34FN3O4/c1-6-20(4)37-26(35)18-31-17-22-9-7-8-10-24(22)27-28(21-11-13-23(30)14-12-21)33(16-15-25(34)36-5)29(32-27)19(2)3/h7-16,19-20,31H,6,17-18H2,1-5H3. The van der Waals surface area contributed by atoms with Crippen LogP contribution in [-0.4, -0.2) is 41.2 Å². The van der Waals surface area contributed by atoms with Gasteiger partial charge in [0.05, 0.1) is 31.1 Å². The smallest absolute Gasteiger partial charge is 0.331 e. The zero-order valence-corrected chi connectivity index (χ0v) is 22.0. The predicted octanol–water partition coefficient (Wildman–Crippen LogP) is 5.55. The van der Waals surface area contributed by atoms with E-state index in [4.69, 9.17) is 14.5 Å². The van der Waals surface area contributed by atoms with E-state index >= 15 is 0 Å². The Morgan fingerprint density at radius 2 is 1.81 bits per heavy atom. The van der Waals surface area contributed by atoms with Crippen molar-refractivity contribution in [3.63, 3.8) is 0 Å². The summed E-state index contributed by atoms with van der Waals surface area (Å²) >= 11 is 0. The highest BCUT2D eigenvalue weighted by Crippen LogP contribution is 2.37. The molecule has 196 valence electrons. The second kappa shape index (κ2) is 13.0. The van der Waals surface area contributed by atoms with Crippen LogP contribution >= 0.6 is 0 Å². The number of nitrogens with zero attached hydrogens (tertiary/aromatic N) is 2. The molecule has 0 saturated heterocycles. The number of carbonyl (C=O) groups is 2. The van der Waals surface area contributed by atoms with Gasteiger partial charge in [-0.1, -0.05) is 45.0 Å². The number of nitrogens with one attached hydrogen (secondary N) is 1. The van der Waals surface area contributed by atoms with Gasteiger partial charge < -0.3 is 19.4 Å². The van der Waals surface area contributed by atoms with E-state index in [9.17, 15) is 14.0 Å². The molecule has 0 bridgehead atoms. The van der Waals surface area contributed by atoms with Crippen LogP contribution in [-0.2, 0) is 25.6 Å². The molecule has 1 unspecified atom stereocenters. The van der Waals surface area contributed by atoms with Crippen molar-refractivity contribution < 1.29 is 23.5 Å². The Hall–Kier alpha value is -3.78. The molecule has 0 saturated carbocycles. The maximum absolute atomic E-state index is 13.8. The first-order valence-electron chi connectivity index (χ1n) is 12.4. The number of aromatic nitrogens is 2. The molecule has 2 aromatic carbocycles. The van der Waals surface area contributed by atoms with Crippen molar-refractivity contribution in [2.45, 2.75) is 52.7 Å². The average molecular weight is 508 g/mol. The van der Waals surface area contributed by atoms with Gasteiger partial charge in [-0.25, -0.2) is 14.2 Å². The molecule has 7 nitrogen and oxygen atoms in total. The molecule has 0 amide bonds. The largest absolute Gasteiger partial charge is 0.466 e. The summed E-state index contributed by atoms with van der Waals surface area (Å²) < 4.78 is 25.8. The number of imidazole rings is 1. The van der Waals surface area contributed by atoms with Gasteiger partial charge in [0.1, 0.15) is 11.6 Å². The van der Waals surface area contributed by atoms with E-state index in [1.54, 1.807) is 18.3 Å². The van der Waals surface area contributed by atoms with Crippen LogP contribution in [0.4, 0.5) is 4.39 Å². The first-order chi connectivity index (χ1) is 17.7. The van der Waals surface area contributed by atoms with Crippen molar-refractivity contribution in [1.29, 1.82) is 0 Å². The first-order valence-corrected chi connectivity index (χ1v) is 12.4. The Morgan fingerprint density at radius 3 is 2.46 bits per heavy atom. The molecule has 1 N–H and O–H groups in total. The van der Waals surface area contributed by atoms with E-state index in [2.05, 4.69) is 5.32 Å². The zero-order valence-electron chi connectivity index (χ0n) is 22.0. The third kappa shape index (κ3) is 7.13. The van der Waals surface area contributed by atoms with Crippen LogP contribution in [0.1, 0.15) is 51.4 Å². The second-order valence-electron chi connectivity index (χ2n) is 9.01. The van der Waals surface area contributed by atoms with Gasteiger partial charge in [-0.15, -0.1) is 0 Å². The number of esters is 2. The fraction of sp³-hybridized carbons (Fsp3) is 0.345. The third-order valence-electron chi connectivity index (χ3n) is 5.90. The van der Waals surface area contributed by atoms with Crippen LogP contribution in [0, 0.1) is 5.82 Å². The molecular weight excluding hydrogens is 473 g/mol. The number of carbonyl (C=O) groups excluding carboxylic acids is 2. The summed E-state index contributed by atoms with van der Waals surface area (Å²) in [6.07, 6.45) is 3.59. The molecule has 8 heteroatoms. The first kappa shape index (κ1) is 27.8. The van der Waals surface area contributed by atoms with Crippen molar-refractivity contribution in [3.05, 3.63) is 71.8 Å². The minimum atomic E-state index is -0.496. The average Bonchev–Trinajstić information content (AvgIpc) is 3.27. The lowest BCUT2D eigenvalue weighted by molar-refractivity contribution is -0.147. The Kier molecular flexibility index (Phi) is 9.74. The number of rotatable bonds is 11. The predicted molar refractivity (Wildman–Crippen MR) is 142 cm³/mol. The Morgan fingerprint density at radius 1 is 1.11 bits per heavy atom. The minimum absolute atomic E-state index is 0.0239. The van der Waals surface area contributed by atoms with Crippen LogP contribution in [0.3, 0.4) is 0 Å². The highest BCUT2D eigenvalue weighted by molar-refractivity contribution is 5.87. The Bertz CT molecular complexity index is 1250. The summed E-state index contributed by atoms with van der Waals surface area (Å²) in [6, 6.07) is 13.9. The molecule has 0 fully saturated rings. The topological polar surface area (TPSA) is 82.5 Å². The van der Waals surface area contributed by atoms with Gasteiger partial charge in [-0.3, -0.25) is 4.79 Å². The van der Waals surface area contributed by atoms with Crippen molar-refractivity contribution in [3.8, 4) is 22.5 Å². The molecule has 37 heavy (non-hydrogen) atoms. The van der Waals surface area contributed by atoms with Crippen LogP contribution in [0.5, 0.6) is 0 Å². The lowest BCUT2D eigenvalue weighted by atomic mass is 10.00. The van der Waals surface area contributed by atoms with Crippen molar-refractivity contribution in [2.24, 2.45) is 0 Å². The fourth-order valence-electron chi connectivity index (χ4n) is 3.84. The summed E-state index contributed by atoms with van der Waals surface area (Å²) in [5.74, 6) is -0.397. The maximum atomic E-state index is 13.8. The molecule has 0 aliphatic carbocycles. The van der Waals surface area contributed by atoms with E-state index < -0.39 is 5.97 Å². The minimum Gasteiger partial charge on any atom is -0.466 e. The molecule has 3 aromatic rings. The molecule has 0 radical (unpaired) electrons. The highest BCUT2D eigenvalue weighted by Gasteiger charge is 2.22. The van der Waals surface area contributed by atoms with Gasteiger partial charge in [0.25, 0.3) is 0 Å². The van der Waals surface area contributed by atoms with Gasteiger partial charge in [-0.2, -0.15) is 0 Å². The maximum Gasteiger partial charge on any atom is 0.331 e. The fourth-order valence-corrected chi connectivity index (χ4v) is 3.84. The number of ether oxygens (including phenoxy) is 2. The van der Waals surface area contributed by atoms with Gasteiger partial charge >= 0.3 is 11.9 Å². The van der Waals surface area contributed by atoms with Crippen molar-refractivity contribution >= 4 is 18.1 Å². The number of halogens is 1. The molecule has 3 rings (SSSR count). The normalized spacial score (nSPS) is 12.2. The summed E-state index contributed by atoms with van der Waals surface area (Å²) in [5.41, 5.74) is 3.93. The molecule has 1 aromatic heterocycles. The highest BCUT2D eigenvalue weighted by atomic mass is 19.1. The lowest BCUT2D eigenvalue weighted by Crippen LogP contribution is -2.27. The van der Waals surface area contributed by atoms with E-state index in [0.29, 0.717) is 17.9 Å². The molecule has 1 heterocycles. The molecule has 0 aliphatic rings. The van der Waals surface area contributed by atoms with Crippen LogP contribution in [0.25, 0.3) is 28.7 Å². The number of hydrogen-bond donors (Lipinski definition) is 1. The van der Waals surface area contributed by atoms with Gasteiger partial charge in [-0.05, 0) is 43.2 Å². The van der Waals surface area contributed by atoms with Crippen LogP contribution in [0.15, 0.2) is 54.6 Å². The van der Waals surface area contributed by atoms with Crippen molar-refractivity contribution in [1.82, 2.24) is 14.9 Å². The summed E-state index contributed by atoms with van der Waals surface area (Å²) in [4.78, 5) is 29.0. The monoisotopic (exact) mass is 507 g/mol. The number of benzene rings is 2. The SMILES string of the molecule is CCC(C)OC(=O)CNCc1ccccc1-c1nc(C(C)C)n(C=CC(=O)OC)c1-c1ccc(F)cc1. The summed E-state index contributed by atoms with van der Waals surface area (Å²) in [7, 11) is 1.32. The Balaban J connectivity index is 2.07. The third-order valence-corrected chi connectivity index (χ3v) is 5.90. The summed E-state index contributed by atoms with van der Waals surface area (Å²) in [5, 5.41) is 3.17. The lowest BCUT2D eigenvalue weighted by Gasteiger charge is -2.14. The molecule has 0 spiro atoms. The number of hydrogen-bond acceptors (Lipinski definition) is 6. The zero-order chi connectivity index (χ0) is 26.9. The quantitative estimate of drug-likeness (QED) is 0.271. The van der Waals surface area contributed by atoms with E-state index in [1.807, 2.05) is 56.5 Å². The van der Waals surface area contributed by atoms with E-state index in [0.717, 1.165) is 28.9 Å². The summed E-state index contributed by atoms with van der Waals surface area (Å²) in [6.45, 7) is 8.35. The van der Waals surface area contributed by atoms with Crippen LogP contribution < -0.4 is 5.32 Å². The molecular formula is C29H34FN3O4. The van der Waals surface area contributed by atoms with E-state index in [1.165, 1.54) is 25.3 Å². The van der Waals surface area contributed by atoms with Gasteiger partial charge in [0.15, 0.2) is 0 Å². The van der Waals surface area contributed by atoms with Crippen molar-refractivity contribution in [2.75, 3.05) is 13.7 Å². The van der Waals surface area contributed by atoms with Gasteiger partial charge in [0, 0.05) is 35.9 Å². The van der Waals surface area contributed by atoms with E-state index in [-0.39, 0.29) is 30.4 Å².